The molecule has 5 heteroatoms. The van der Waals surface area contributed by atoms with Crippen molar-refractivity contribution in [1.82, 2.24) is 4.37 Å². The number of aromatic nitrogens is 1. The van der Waals surface area contributed by atoms with Gasteiger partial charge < -0.3 is 4.74 Å². The number of hydrogen-bond acceptors (Lipinski definition) is 5. The smallest absolute Gasteiger partial charge is 0.341 e. The molecule has 25 heavy (non-hydrogen) atoms. The van der Waals surface area contributed by atoms with Crippen LogP contribution in [0.5, 0.6) is 0 Å². The lowest BCUT2D eigenvalue weighted by molar-refractivity contribution is 0.0528. The highest BCUT2D eigenvalue weighted by atomic mass is 32.1. The van der Waals surface area contributed by atoms with Crippen LogP contribution in [0, 0.1) is 0 Å². The van der Waals surface area contributed by atoms with Gasteiger partial charge in [-0.2, -0.15) is 4.37 Å². The molecule has 0 N–H and O–H groups in total. The summed E-state index contributed by atoms with van der Waals surface area (Å²) >= 11 is 1.27. The molecular formula is C20H17NO3S. The molecule has 1 heterocycles. The summed E-state index contributed by atoms with van der Waals surface area (Å²) in [5.41, 5.74) is 3.38. The van der Waals surface area contributed by atoms with E-state index in [-0.39, 0.29) is 11.8 Å². The average molecular weight is 351 g/mol. The van der Waals surface area contributed by atoms with Gasteiger partial charge in [0.05, 0.1) is 17.2 Å². The van der Waals surface area contributed by atoms with Crippen molar-refractivity contribution in [2.45, 2.75) is 13.8 Å². The Labute approximate surface area is 150 Å². The largest absolute Gasteiger partial charge is 0.462 e. The molecule has 126 valence electrons. The monoisotopic (exact) mass is 351 g/mol. The van der Waals surface area contributed by atoms with Gasteiger partial charge in [0.25, 0.3) is 0 Å². The minimum absolute atomic E-state index is 0.000388. The molecule has 4 nitrogen and oxygen atoms in total. The highest BCUT2D eigenvalue weighted by Crippen LogP contribution is 2.36. The normalized spacial score (nSPS) is 10.5. The number of hydrogen-bond donors (Lipinski definition) is 0. The van der Waals surface area contributed by atoms with Crippen LogP contribution in [0.15, 0.2) is 54.6 Å². The van der Waals surface area contributed by atoms with Gasteiger partial charge in [0, 0.05) is 11.1 Å². The van der Waals surface area contributed by atoms with Gasteiger partial charge in [-0.1, -0.05) is 54.6 Å². The molecule has 0 radical (unpaired) electrons. The van der Waals surface area contributed by atoms with Crippen LogP contribution in [0.2, 0.25) is 0 Å². The topological polar surface area (TPSA) is 56.3 Å². The zero-order chi connectivity index (χ0) is 17.8. The summed E-state index contributed by atoms with van der Waals surface area (Å²) in [7, 11) is 0. The van der Waals surface area contributed by atoms with E-state index >= 15 is 0 Å². The van der Waals surface area contributed by atoms with E-state index in [1.807, 2.05) is 42.5 Å². The Morgan fingerprint density at radius 1 is 1.00 bits per heavy atom. The highest BCUT2D eigenvalue weighted by Gasteiger charge is 2.24. The van der Waals surface area contributed by atoms with E-state index < -0.39 is 0 Å². The quantitative estimate of drug-likeness (QED) is 0.487. The van der Waals surface area contributed by atoms with Gasteiger partial charge in [0.15, 0.2) is 5.78 Å². The van der Waals surface area contributed by atoms with Crippen LogP contribution in [0.25, 0.3) is 21.7 Å². The SMILES string of the molecule is CCOC(=O)c1c(-c2ccc(C(C)=O)cc2)nsc1-c1ccccc1. The van der Waals surface area contributed by atoms with E-state index in [0.717, 1.165) is 16.0 Å². The number of esters is 1. The van der Waals surface area contributed by atoms with Crippen molar-refractivity contribution in [3.8, 4) is 21.7 Å². The van der Waals surface area contributed by atoms with Crippen molar-refractivity contribution >= 4 is 23.3 Å². The van der Waals surface area contributed by atoms with E-state index in [2.05, 4.69) is 4.37 Å². The molecule has 2 aromatic carbocycles. The molecular weight excluding hydrogens is 334 g/mol. The first kappa shape index (κ1) is 17.0. The Morgan fingerprint density at radius 3 is 2.28 bits per heavy atom. The molecule has 0 saturated carbocycles. The Balaban J connectivity index is 2.12. The van der Waals surface area contributed by atoms with Crippen LogP contribution in [0.3, 0.4) is 0 Å². The Morgan fingerprint density at radius 2 is 1.68 bits per heavy atom. The lowest BCUT2D eigenvalue weighted by atomic mass is 10.0. The van der Waals surface area contributed by atoms with Gasteiger partial charge in [0.2, 0.25) is 0 Å². The second kappa shape index (κ2) is 7.40. The van der Waals surface area contributed by atoms with Crippen LogP contribution in [-0.4, -0.2) is 22.7 Å². The van der Waals surface area contributed by atoms with Gasteiger partial charge in [-0.05, 0) is 30.9 Å². The third kappa shape index (κ3) is 3.51. The summed E-state index contributed by atoms with van der Waals surface area (Å²) in [5, 5.41) is 0. The lowest BCUT2D eigenvalue weighted by Crippen LogP contribution is -2.06. The van der Waals surface area contributed by atoms with E-state index in [1.54, 1.807) is 19.1 Å². The Bertz CT molecular complexity index is 898. The number of carbonyl (C=O) groups excluding carboxylic acids is 2. The molecule has 0 spiro atoms. The van der Waals surface area contributed by atoms with E-state index in [1.165, 1.54) is 18.5 Å². The summed E-state index contributed by atoms with van der Waals surface area (Å²) in [6.45, 7) is 3.60. The molecule has 0 atom stereocenters. The van der Waals surface area contributed by atoms with Crippen molar-refractivity contribution in [3.05, 3.63) is 65.7 Å². The fourth-order valence-corrected chi connectivity index (χ4v) is 3.42. The Kier molecular flexibility index (Phi) is 5.05. The zero-order valence-corrected chi connectivity index (χ0v) is 14.8. The molecule has 3 aromatic rings. The van der Waals surface area contributed by atoms with Crippen LogP contribution in [0.1, 0.15) is 34.6 Å². The first-order valence-electron chi connectivity index (χ1n) is 7.95. The Hall–Kier alpha value is -2.79. The maximum Gasteiger partial charge on any atom is 0.341 e. The van der Waals surface area contributed by atoms with Crippen molar-refractivity contribution in [1.29, 1.82) is 0 Å². The van der Waals surface area contributed by atoms with Crippen molar-refractivity contribution < 1.29 is 14.3 Å². The summed E-state index contributed by atoms with van der Waals surface area (Å²) in [6.07, 6.45) is 0. The van der Waals surface area contributed by atoms with Gasteiger partial charge in [-0.25, -0.2) is 4.79 Å². The fraction of sp³-hybridized carbons (Fsp3) is 0.150. The number of ketones is 1. The van der Waals surface area contributed by atoms with Crippen molar-refractivity contribution in [2.75, 3.05) is 6.61 Å². The predicted octanol–water partition coefficient (Wildman–Crippen LogP) is 4.86. The van der Waals surface area contributed by atoms with Gasteiger partial charge >= 0.3 is 5.97 Å². The predicted molar refractivity (Wildman–Crippen MR) is 98.9 cm³/mol. The first-order chi connectivity index (χ1) is 12.1. The molecule has 0 aliphatic carbocycles. The number of carbonyl (C=O) groups is 2. The van der Waals surface area contributed by atoms with E-state index in [9.17, 15) is 9.59 Å². The number of nitrogens with zero attached hydrogens (tertiary/aromatic N) is 1. The second-order valence-corrected chi connectivity index (χ2v) is 6.23. The standard InChI is InChI=1S/C20H17NO3S/c1-3-24-20(23)17-18(15-11-9-14(10-12-15)13(2)22)21-25-19(17)16-7-5-4-6-8-16/h4-12H,3H2,1-2H3. The van der Waals surface area contributed by atoms with Crippen LogP contribution in [-0.2, 0) is 4.74 Å². The van der Waals surface area contributed by atoms with Gasteiger partial charge in [0.1, 0.15) is 5.56 Å². The molecule has 1 aromatic heterocycles. The van der Waals surface area contributed by atoms with Crippen LogP contribution >= 0.6 is 11.5 Å². The second-order valence-electron chi connectivity index (χ2n) is 5.46. The molecule has 0 amide bonds. The first-order valence-corrected chi connectivity index (χ1v) is 8.72. The van der Waals surface area contributed by atoms with Gasteiger partial charge in [-0.3, -0.25) is 4.79 Å². The third-order valence-electron chi connectivity index (χ3n) is 3.77. The fourth-order valence-electron chi connectivity index (χ4n) is 2.53. The average Bonchev–Trinajstić information content (AvgIpc) is 3.08. The number of rotatable bonds is 5. The third-order valence-corrected chi connectivity index (χ3v) is 4.67. The molecule has 0 saturated heterocycles. The number of ether oxygens (including phenoxy) is 1. The maximum absolute atomic E-state index is 12.6. The van der Waals surface area contributed by atoms with Crippen molar-refractivity contribution in [2.24, 2.45) is 0 Å². The minimum Gasteiger partial charge on any atom is -0.462 e. The van der Waals surface area contributed by atoms with Crippen LogP contribution in [0.4, 0.5) is 0 Å². The molecule has 0 fully saturated rings. The summed E-state index contributed by atoms with van der Waals surface area (Å²) < 4.78 is 9.74. The molecule has 0 unspecified atom stereocenters. The molecule has 0 aliphatic rings. The lowest BCUT2D eigenvalue weighted by Gasteiger charge is -2.06. The molecule has 0 aliphatic heterocycles. The molecule has 3 rings (SSSR count). The van der Waals surface area contributed by atoms with Crippen LogP contribution < -0.4 is 0 Å². The van der Waals surface area contributed by atoms with Crippen molar-refractivity contribution in [3.63, 3.8) is 0 Å². The van der Waals surface area contributed by atoms with E-state index in [0.29, 0.717) is 23.4 Å². The zero-order valence-electron chi connectivity index (χ0n) is 14.0. The summed E-state index contributed by atoms with van der Waals surface area (Å²) in [4.78, 5) is 24.8. The maximum atomic E-state index is 12.6. The minimum atomic E-state index is -0.388. The van der Waals surface area contributed by atoms with Gasteiger partial charge in [-0.15, -0.1) is 0 Å². The molecule has 0 bridgehead atoms. The van der Waals surface area contributed by atoms with E-state index in [4.69, 9.17) is 4.74 Å². The summed E-state index contributed by atoms with van der Waals surface area (Å²) in [5.74, 6) is -0.388. The number of Topliss-reactive ketones (excluding diaryl/α,β-unsaturated/α-hetero) is 1. The number of benzene rings is 2. The highest BCUT2D eigenvalue weighted by molar-refractivity contribution is 7.10. The summed E-state index contributed by atoms with van der Waals surface area (Å²) in [6, 6.07) is 16.8.